The van der Waals surface area contributed by atoms with Crippen molar-refractivity contribution in [3.63, 3.8) is 0 Å². The van der Waals surface area contributed by atoms with Crippen LogP contribution in [0.25, 0.3) is 0 Å². The lowest BCUT2D eigenvalue weighted by molar-refractivity contribution is -0.136. The quantitative estimate of drug-likeness (QED) is 0.700. The van der Waals surface area contributed by atoms with Crippen molar-refractivity contribution in [1.29, 1.82) is 0 Å². The van der Waals surface area contributed by atoms with Gasteiger partial charge in [0.1, 0.15) is 5.82 Å². The number of carbonyl (C=O) groups is 1. The first-order chi connectivity index (χ1) is 7.18. The van der Waals surface area contributed by atoms with E-state index >= 15 is 0 Å². The monoisotopic (exact) mass is 211 g/mol. The third-order valence-corrected chi connectivity index (χ3v) is 2.00. The lowest BCUT2D eigenvalue weighted by atomic mass is 10.1. The molecule has 0 aliphatic rings. The molecular weight excluding hydrogens is 197 g/mol. The molecule has 4 heteroatoms. The Morgan fingerprint density at radius 2 is 2.20 bits per heavy atom. The minimum Gasteiger partial charge on any atom is -0.481 e. The Kier molecular flexibility index (Phi) is 4.77. The fourth-order valence-corrected chi connectivity index (χ4v) is 1.25. The molecule has 3 nitrogen and oxygen atoms in total. The van der Waals surface area contributed by atoms with E-state index in [1.807, 2.05) is 6.07 Å². The Bertz CT molecular complexity index is 328. The highest BCUT2D eigenvalue weighted by molar-refractivity contribution is 5.66. The molecule has 0 aliphatic heterocycles. The largest absolute Gasteiger partial charge is 0.481 e. The average molecular weight is 211 g/mol. The number of hydrogen-bond donors (Lipinski definition) is 2. The maximum atomic E-state index is 12.8. The summed E-state index contributed by atoms with van der Waals surface area (Å²) in [6.07, 6.45) is 0.820. The second-order valence-electron chi connectivity index (χ2n) is 3.27. The Morgan fingerprint density at radius 1 is 1.40 bits per heavy atom. The van der Waals surface area contributed by atoms with Gasteiger partial charge in [0.05, 0.1) is 6.42 Å². The lowest BCUT2D eigenvalue weighted by Gasteiger charge is -2.03. The van der Waals surface area contributed by atoms with E-state index in [0.29, 0.717) is 19.5 Å². The van der Waals surface area contributed by atoms with Gasteiger partial charge in [0, 0.05) is 6.54 Å². The van der Waals surface area contributed by atoms with Crippen molar-refractivity contribution in [2.24, 2.45) is 0 Å². The molecule has 0 heterocycles. The first-order valence-electron chi connectivity index (χ1n) is 4.85. The van der Waals surface area contributed by atoms with E-state index in [-0.39, 0.29) is 12.2 Å². The van der Waals surface area contributed by atoms with Gasteiger partial charge in [-0.2, -0.15) is 0 Å². The molecule has 0 amide bonds. The van der Waals surface area contributed by atoms with Crippen molar-refractivity contribution in [2.45, 2.75) is 12.8 Å². The minimum atomic E-state index is -0.812. The molecule has 0 atom stereocenters. The van der Waals surface area contributed by atoms with Crippen molar-refractivity contribution in [3.8, 4) is 0 Å². The Balaban J connectivity index is 2.17. The summed E-state index contributed by atoms with van der Waals surface area (Å²) >= 11 is 0. The minimum absolute atomic E-state index is 0.114. The van der Waals surface area contributed by atoms with E-state index in [1.54, 1.807) is 6.07 Å². The SMILES string of the molecule is O=C(O)CCNCCc1cccc(F)c1. The summed E-state index contributed by atoms with van der Waals surface area (Å²) in [5.41, 5.74) is 0.915. The van der Waals surface area contributed by atoms with Gasteiger partial charge in [0.25, 0.3) is 0 Å². The number of carboxylic acids is 1. The highest BCUT2D eigenvalue weighted by Crippen LogP contribution is 2.03. The Morgan fingerprint density at radius 3 is 2.87 bits per heavy atom. The van der Waals surface area contributed by atoms with Crippen molar-refractivity contribution in [3.05, 3.63) is 35.6 Å². The van der Waals surface area contributed by atoms with Gasteiger partial charge in [-0.3, -0.25) is 4.79 Å². The van der Waals surface area contributed by atoms with Crippen molar-refractivity contribution in [2.75, 3.05) is 13.1 Å². The van der Waals surface area contributed by atoms with Gasteiger partial charge < -0.3 is 10.4 Å². The number of benzene rings is 1. The fourth-order valence-electron chi connectivity index (χ4n) is 1.25. The zero-order valence-corrected chi connectivity index (χ0v) is 8.37. The maximum absolute atomic E-state index is 12.8. The predicted octanol–water partition coefficient (Wildman–Crippen LogP) is 1.43. The van der Waals surface area contributed by atoms with Crippen LogP contribution >= 0.6 is 0 Å². The van der Waals surface area contributed by atoms with Crippen molar-refractivity contribution in [1.82, 2.24) is 5.32 Å². The molecule has 0 radical (unpaired) electrons. The fraction of sp³-hybridized carbons (Fsp3) is 0.364. The molecule has 0 fully saturated rings. The second kappa shape index (κ2) is 6.14. The van der Waals surface area contributed by atoms with E-state index in [4.69, 9.17) is 5.11 Å². The van der Waals surface area contributed by atoms with Crippen LogP contribution in [0, 0.1) is 5.82 Å². The van der Waals surface area contributed by atoms with Crippen LogP contribution in [-0.4, -0.2) is 24.2 Å². The van der Waals surface area contributed by atoms with Crippen LogP contribution in [0.3, 0.4) is 0 Å². The van der Waals surface area contributed by atoms with E-state index in [9.17, 15) is 9.18 Å². The van der Waals surface area contributed by atoms with Crippen LogP contribution in [0.1, 0.15) is 12.0 Å². The molecule has 0 aliphatic carbocycles. The number of halogens is 1. The molecule has 0 unspecified atom stereocenters. The lowest BCUT2D eigenvalue weighted by Crippen LogP contribution is -2.20. The van der Waals surface area contributed by atoms with E-state index in [2.05, 4.69) is 5.32 Å². The van der Waals surface area contributed by atoms with Gasteiger partial charge in [-0.25, -0.2) is 4.39 Å². The number of hydrogen-bond acceptors (Lipinski definition) is 2. The molecule has 15 heavy (non-hydrogen) atoms. The van der Waals surface area contributed by atoms with Crippen LogP contribution < -0.4 is 5.32 Å². The van der Waals surface area contributed by atoms with Crippen LogP contribution in [0.5, 0.6) is 0 Å². The van der Waals surface area contributed by atoms with Crippen molar-refractivity contribution >= 4 is 5.97 Å². The summed E-state index contributed by atoms with van der Waals surface area (Å²) in [5.74, 6) is -1.05. The van der Waals surface area contributed by atoms with Gasteiger partial charge in [0.15, 0.2) is 0 Å². The summed E-state index contributed by atoms with van der Waals surface area (Å²) in [4.78, 5) is 10.2. The first kappa shape index (κ1) is 11.7. The van der Waals surface area contributed by atoms with Crippen LogP contribution in [-0.2, 0) is 11.2 Å². The number of nitrogens with one attached hydrogen (secondary N) is 1. The highest BCUT2D eigenvalue weighted by atomic mass is 19.1. The van der Waals surface area contributed by atoms with Crippen LogP contribution in [0.4, 0.5) is 4.39 Å². The number of carboxylic acid groups (broad SMARTS) is 1. The van der Waals surface area contributed by atoms with Gasteiger partial charge in [-0.1, -0.05) is 12.1 Å². The molecule has 0 saturated heterocycles. The number of aliphatic carboxylic acids is 1. The topological polar surface area (TPSA) is 49.3 Å². The van der Waals surface area contributed by atoms with E-state index in [1.165, 1.54) is 12.1 Å². The molecule has 0 bridgehead atoms. The molecule has 0 saturated carbocycles. The summed E-state index contributed by atoms with van der Waals surface area (Å²) in [6.45, 7) is 1.11. The molecule has 82 valence electrons. The zero-order chi connectivity index (χ0) is 11.1. The van der Waals surface area contributed by atoms with Crippen LogP contribution in [0.2, 0.25) is 0 Å². The smallest absolute Gasteiger partial charge is 0.304 e. The van der Waals surface area contributed by atoms with Gasteiger partial charge >= 0.3 is 5.97 Å². The molecule has 1 rings (SSSR count). The summed E-state index contributed by atoms with van der Waals surface area (Å²) in [5, 5.41) is 11.4. The molecule has 1 aromatic rings. The molecule has 0 aromatic heterocycles. The second-order valence-corrected chi connectivity index (χ2v) is 3.27. The Hall–Kier alpha value is -1.42. The third kappa shape index (κ3) is 5.12. The van der Waals surface area contributed by atoms with Gasteiger partial charge in [-0.05, 0) is 30.7 Å². The van der Waals surface area contributed by atoms with Crippen molar-refractivity contribution < 1.29 is 14.3 Å². The maximum Gasteiger partial charge on any atom is 0.304 e. The van der Waals surface area contributed by atoms with Crippen LogP contribution in [0.15, 0.2) is 24.3 Å². The standard InChI is InChI=1S/C11H14FNO2/c12-10-3-1-2-9(8-10)4-6-13-7-5-11(14)15/h1-3,8,13H,4-7H2,(H,14,15). The van der Waals surface area contributed by atoms with E-state index in [0.717, 1.165) is 5.56 Å². The molecule has 0 spiro atoms. The average Bonchev–Trinajstić information content (AvgIpc) is 2.17. The zero-order valence-electron chi connectivity index (χ0n) is 8.37. The van der Waals surface area contributed by atoms with Gasteiger partial charge in [-0.15, -0.1) is 0 Å². The molecule has 1 aromatic carbocycles. The Labute approximate surface area is 87.9 Å². The first-order valence-corrected chi connectivity index (χ1v) is 4.85. The van der Waals surface area contributed by atoms with Gasteiger partial charge in [0.2, 0.25) is 0 Å². The highest BCUT2D eigenvalue weighted by Gasteiger charge is 1.97. The number of rotatable bonds is 6. The van der Waals surface area contributed by atoms with E-state index < -0.39 is 5.97 Å². The molecular formula is C11H14FNO2. The summed E-state index contributed by atoms with van der Waals surface area (Å²) < 4.78 is 12.8. The normalized spacial score (nSPS) is 10.2. The summed E-state index contributed by atoms with van der Waals surface area (Å²) in [7, 11) is 0. The predicted molar refractivity (Wildman–Crippen MR) is 55.2 cm³/mol. The summed E-state index contributed by atoms with van der Waals surface area (Å²) in [6, 6.07) is 6.41. The molecule has 2 N–H and O–H groups in total. The third-order valence-electron chi connectivity index (χ3n) is 2.00.